The van der Waals surface area contributed by atoms with Gasteiger partial charge in [-0.3, -0.25) is 0 Å². The van der Waals surface area contributed by atoms with Gasteiger partial charge in [-0.15, -0.1) is 81.2 Å². The van der Waals surface area contributed by atoms with Gasteiger partial charge in [0, 0.05) is 9.52 Å². The molecule has 0 aliphatic heterocycles. The molecule has 0 nitrogen and oxygen atoms in total. The van der Waals surface area contributed by atoms with Crippen LogP contribution in [-0.2, 0) is 30.2 Å². The fourth-order valence-electron chi connectivity index (χ4n) is 3.30. The third kappa shape index (κ3) is 7.44. The third-order valence-electron chi connectivity index (χ3n) is 4.43. The van der Waals surface area contributed by atoms with Crippen LogP contribution in [0.25, 0.3) is 21.5 Å². The summed E-state index contributed by atoms with van der Waals surface area (Å²) in [6.45, 7) is 8.86. The summed E-state index contributed by atoms with van der Waals surface area (Å²) in [4.78, 5) is 0. The van der Waals surface area contributed by atoms with Crippen molar-refractivity contribution in [2.24, 2.45) is 0 Å². The zero-order valence-electron chi connectivity index (χ0n) is 17.7. The standard InChI is InChI=1S/2C12H13.C2H7Si.Cr/c2*1-2-5-10-8-11-6-3-4-7-12(11)9-10;1-3-2;/h2*3-4,6-9H,2,5H2,1H3;3H,1-2H3;/q2*-1;;+2. The maximum absolute atomic E-state index is 2.29. The smallest absolute Gasteiger partial charge is 0.165 e. The van der Waals surface area contributed by atoms with E-state index in [2.05, 4.69) is 99.7 Å². The number of aryl methyl sites for hydroxylation is 2. The van der Waals surface area contributed by atoms with Gasteiger partial charge in [0.25, 0.3) is 0 Å². The number of fused-ring (bicyclic) bond motifs is 2. The molecule has 4 aromatic rings. The first-order valence-corrected chi connectivity index (χ1v) is 12.5. The molecule has 0 heterocycles. The van der Waals surface area contributed by atoms with Gasteiger partial charge >= 0.3 is 17.4 Å². The van der Waals surface area contributed by atoms with E-state index in [0.717, 1.165) is 9.52 Å². The summed E-state index contributed by atoms with van der Waals surface area (Å²) < 4.78 is 0. The Morgan fingerprint density at radius 2 is 1.04 bits per heavy atom. The summed E-state index contributed by atoms with van der Waals surface area (Å²) in [7, 11) is 0.750. The Morgan fingerprint density at radius 1 is 0.679 bits per heavy atom. The molecule has 0 saturated carbocycles. The summed E-state index contributed by atoms with van der Waals surface area (Å²) in [6.07, 6.45) is 4.87. The Labute approximate surface area is 184 Å². The summed E-state index contributed by atoms with van der Waals surface area (Å²) in [5.41, 5.74) is 2.94. The fourth-order valence-corrected chi connectivity index (χ4v) is 3.30. The minimum Gasteiger partial charge on any atom is -0.165 e. The van der Waals surface area contributed by atoms with Crippen molar-refractivity contribution in [2.75, 3.05) is 0 Å². The summed E-state index contributed by atoms with van der Waals surface area (Å²) in [5, 5.41) is 5.50. The van der Waals surface area contributed by atoms with Gasteiger partial charge in [0.2, 0.25) is 0 Å². The van der Waals surface area contributed by atoms with Crippen molar-refractivity contribution in [3.05, 3.63) is 83.9 Å². The number of hydrogen-bond acceptors (Lipinski definition) is 0. The molecule has 28 heavy (non-hydrogen) atoms. The minimum atomic E-state index is 0. The van der Waals surface area contributed by atoms with Gasteiger partial charge in [0.15, 0.2) is 0 Å². The molecule has 4 aromatic carbocycles. The third-order valence-corrected chi connectivity index (χ3v) is 4.43. The van der Waals surface area contributed by atoms with Gasteiger partial charge in [-0.2, -0.15) is 12.1 Å². The van der Waals surface area contributed by atoms with Gasteiger partial charge in [-0.05, 0) is 12.8 Å². The van der Waals surface area contributed by atoms with Crippen LogP contribution in [0, 0.1) is 0 Å². The summed E-state index contributed by atoms with van der Waals surface area (Å²) >= 11 is 0. The van der Waals surface area contributed by atoms with E-state index in [1.54, 1.807) is 0 Å². The van der Waals surface area contributed by atoms with E-state index in [4.69, 9.17) is 0 Å². The molecule has 0 atom stereocenters. The van der Waals surface area contributed by atoms with Crippen LogP contribution < -0.4 is 0 Å². The van der Waals surface area contributed by atoms with E-state index in [9.17, 15) is 0 Å². The molecule has 2 heteroatoms. The van der Waals surface area contributed by atoms with Gasteiger partial charge < -0.3 is 0 Å². The fraction of sp³-hybridized carbons (Fsp3) is 0.308. The van der Waals surface area contributed by atoms with E-state index < -0.39 is 0 Å². The molecule has 0 spiro atoms. The predicted octanol–water partition coefficient (Wildman–Crippen LogP) is 7.54. The molecule has 0 fully saturated rings. The van der Waals surface area contributed by atoms with Crippen molar-refractivity contribution in [3.8, 4) is 0 Å². The van der Waals surface area contributed by atoms with Crippen molar-refractivity contribution in [1.29, 1.82) is 0 Å². The Bertz CT molecular complexity index is 774. The minimum absolute atomic E-state index is 0. The molecule has 0 aliphatic carbocycles. The van der Waals surface area contributed by atoms with Gasteiger partial charge in [-0.25, -0.2) is 0 Å². The maximum Gasteiger partial charge on any atom is 2.00 e. The first-order valence-electron chi connectivity index (χ1n) is 10.2. The second-order valence-corrected chi connectivity index (χ2v) is 8.22. The molecule has 147 valence electrons. The molecule has 0 unspecified atom stereocenters. The monoisotopic (exact) mass is 425 g/mol. The van der Waals surface area contributed by atoms with Gasteiger partial charge in [0.1, 0.15) is 0 Å². The zero-order valence-corrected chi connectivity index (χ0v) is 20.2. The molecule has 0 aliphatic rings. The molecule has 0 saturated heterocycles. The average Bonchev–Trinajstić information content (AvgIpc) is 3.26. The molecule has 1 radical (unpaired) electrons. The van der Waals surface area contributed by atoms with E-state index in [1.165, 1.54) is 58.4 Å². The molecule has 0 amide bonds. The second kappa shape index (κ2) is 13.6. The number of rotatable bonds is 4. The molecule has 0 bridgehead atoms. The Hall–Kier alpha value is -1.59. The average molecular weight is 426 g/mol. The van der Waals surface area contributed by atoms with E-state index in [0.29, 0.717) is 0 Å². The quantitative estimate of drug-likeness (QED) is 0.234. The van der Waals surface area contributed by atoms with Crippen LogP contribution in [0.5, 0.6) is 0 Å². The van der Waals surface area contributed by atoms with Crippen molar-refractivity contribution >= 4 is 31.1 Å². The van der Waals surface area contributed by atoms with Crippen molar-refractivity contribution in [1.82, 2.24) is 0 Å². The maximum atomic E-state index is 2.29. The second-order valence-electron chi connectivity index (χ2n) is 7.06. The van der Waals surface area contributed by atoms with E-state index in [1.807, 2.05) is 0 Å². The molecule has 4 rings (SSSR count). The van der Waals surface area contributed by atoms with Gasteiger partial charge in [-0.1, -0.05) is 51.9 Å². The molecular weight excluding hydrogens is 392 g/mol. The van der Waals surface area contributed by atoms with Crippen LogP contribution in [-0.4, -0.2) is 9.52 Å². The van der Waals surface area contributed by atoms with Crippen molar-refractivity contribution < 1.29 is 17.4 Å². The Kier molecular flexibility index (Phi) is 11.8. The summed E-state index contributed by atoms with van der Waals surface area (Å²) in [5.74, 6) is 0. The summed E-state index contributed by atoms with van der Waals surface area (Å²) in [6, 6.07) is 26.2. The first-order chi connectivity index (χ1) is 13.2. The van der Waals surface area contributed by atoms with Crippen LogP contribution in [0.3, 0.4) is 0 Å². The van der Waals surface area contributed by atoms with Crippen LogP contribution in [0.1, 0.15) is 37.8 Å². The van der Waals surface area contributed by atoms with Crippen molar-refractivity contribution in [2.45, 2.75) is 52.6 Å². The van der Waals surface area contributed by atoms with E-state index in [-0.39, 0.29) is 17.4 Å². The van der Waals surface area contributed by atoms with Crippen LogP contribution in [0.4, 0.5) is 0 Å². The SMILES string of the molecule is CCCc1cc2ccccc2[cH-]1.CCCc1cc2ccccc2[cH-]1.C[SiH]C.[Cr+2]. The molecule has 0 aromatic heterocycles. The molecular formula is C26H33CrSi. The zero-order chi connectivity index (χ0) is 19.5. The van der Waals surface area contributed by atoms with E-state index >= 15 is 0 Å². The largest absolute Gasteiger partial charge is 2.00 e. The Balaban J connectivity index is 0.000000239. The van der Waals surface area contributed by atoms with Crippen molar-refractivity contribution in [3.63, 3.8) is 0 Å². The van der Waals surface area contributed by atoms with Crippen LogP contribution >= 0.6 is 0 Å². The topological polar surface area (TPSA) is 0 Å². The predicted molar refractivity (Wildman–Crippen MR) is 126 cm³/mol. The Morgan fingerprint density at radius 3 is 1.36 bits per heavy atom. The number of benzene rings is 2. The van der Waals surface area contributed by atoms with Gasteiger partial charge in [0.05, 0.1) is 0 Å². The van der Waals surface area contributed by atoms with Crippen LogP contribution in [0.2, 0.25) is 13.1 Å². The molecule has 0 N–H and O–H groups in total. The first kappa shape index (κ1) is 24.4. The number of hydrogen-bond donors (Lipinski definition) is 0. The van der Waals surface area contributed by atoms with Crippen LogP contribution in [0.15, 0.2) is 72.8 Å². The normalized spacial score (nSPS) is 9.86.